The third-order valence-electron chi connectivity index (χ3n) is 16.6. The lowest BCUT2D eigenvalue weighted by Crippen LogP contribution is -2.74. The number of aromatic nitrogens is 2. The second-order valence-corrected chi connectivity index (χ2v) is 24.9. The van der Waals surface area contributed by atoms with E-state index in [-0.39, 0.29) is 0 Å². The van der Waals surface area contributed by atoms with Crippen LogP contribution in [0.5, 0.6) is 0 Å². The van der Waals surface area contributed by atoms with Gasteiger partial charge >= 0.3 is 0 Å². The first-order valence-electron chi connectivity index (χ1n) is 28.0. The van der Waals surface area contributed by atoms with Gasteiger partial charge in [-0.25, -0.2) is 0 Å². The Kier molecular flexibility index (Phi) is 11.9. The predicted octanol–water partition coefficient (Wildman–Crippen LogP) is 17.6. The number of hydrogen-bond donors (Lipinski definition) is 0. The largest absolute Gasteiger partial charge is 0.309 e. The molecule has 13 aromatic carbocycles. The molecule has 0 unspecified atom stereocenters. The summed E-state index contributed by atoms with van der Waals surface area (Å²) in [7, 11) is -3.30. The molecular weight excluding hydrogens is 993 g/mol. The van der Waals surface area contributed by atoms with E-state index in [1.165, 1.54) is 97.8 Å². The van der Waals surface area contributed by atoms with E-state index in [0.29, 0.717) is 0 Å². The van der Waals surface area contributed by atoms with Crippen LogP contribution in [0.3, 0.4) is 0 Å². The van der Waals surface area contributed by atoms with E-state index in [1.54, 1.807) is 0 Å². The summed E-state index contributed by atoms with van der Waals surface area (Å²) < 4.78 is 5.06. The van der Waals surface area contributed by atoms with Gasteiger partial charge in [0.25, 0.3) is 0 Å². The van der Waals surface area contributed by atoms with Gasteiger partial charge in [0.05, 0.1) is 27.8 Å². The van der Waals surface area contributed by atoms with Crippen molar-refractivity contribution in [2.24, 2.45) is 0 Å². The van der Waals surface area contributed by atoms with Crippen LogP contribution in [0.4, 0.5) is 0 Å². The SMILES string of the molecule is c1ccc(-c2cccc([Si](c3ccccc3)(c3cccc(-c4ccccc4)c3)c3cc(-c4ccccc4)c(-n4c5ccccc5c5cc(-n6c7ccccc7c7cccc(-c8ccccc8)c76)ccc54)c(-c4ccccc4)c3)c2)cc1. The van der Waals surface area contributed by atoms with Crippen molar-refractivity contribution in [1.29, 1.82) is 0 Å². The van der Waals surface area contributed by atoms with Crippen molar-refractivity contribution in [3.8, 4) is 67.0 Å². The first kappa shape index (κ1) is 47.9. The summed E-state index contributed by atoms with van der Waals surface area (Å²) >= 11 is 0. The molecule has 0 amide bonds. The highest BCUT2D eigenvalue weighted by molar-refractivity contribution is 7.20. The van der Waals surface area contributed by atoms with Crippen molar-refractivity contribution in [1.82, 2.24) is 9.13 Å². The van der Waals surface area contributed by atoms with Crippen molar-refractivity contribution in [2.45, 2.75) is 0 Å². The monoisotopic (exact) mass is 1050 g/mol. The summed E-state index contributed by atoms with van der Waals surface area (Å²) in [5, 5.41) is 10.1. The number of rotatable bonds is 11. The molecule has 0 bridgehead atoms. The number of fused-ring (bicyclic) bond motifs is 6. The van der Waals surface area contributed by atoms with Gasteiger partial charge in [0.2, 0.25) is 0 Å². The first-order chi connectivity index (χ1) is 40.2. The second kappa shape index (κ2) is 20.2. The first-order valence-corrected chi connectivity index (χ1v) is 30.0. The summed E-state index contributed by atoms with van der Waals surface area (Å²) in [6, 6.07) is 122. The maximum atomic E-state index is 2.58. The Morgan fingerprint density at radius 1 is 0.210 bits per heavy atom. The molecule has 2 heterocycles. The van der Waals surface area contributed by atoms with Crippen LogP contribution in [0.1, 0.15) is 0 Å². The van der Waals surface area contributed by atoms with Crippen LogP contribution in [-0.2, 0) is 0 Å². The lowest BCUT2D eigenvalue weighted by atomic mass is 9.95. The summed E-state index contributed by atoms with van der Waals surface area (Å²) in [6.45, 7) is 0. The van der Waals surface area contributed by atoms with Gasteiger partial charge in [-0.3, -0.25) is 0 Å². The molecule has 0 fully saturated rings. The Labute approximate surface area is 473 Å². The van der Waals surface area contributed by atoms with Crippen molar-refractivity contribution in [3.63, 3.8) is 0 Å². The van der Waals surface area contributed by atoms with Crippen LogP contribution in [-0.4, -0.2) is 17.2 Å². The number of hydrogen-bond acceptors (Lipinski definition) is 0. The van der Waals surface area contributed by atoms with E-state index in [0.717, 1.165) is 33.5 Å². The van der Waals surface area contributed by atoms with Gasteiger partial charge in [-0.1, -0.05) is 297 Å². The van der Waals surface area contributed by atoms with Crippen LogP contribution >= 0.6 is 0 Å². The molecule has 0 atom stereocenters. The molecule has 3 heteroatoms. The predicted molar refractivity (Wildman–Crippen MR) is 346 cm³/mol. The summed E-state index contributed by atoms with van der Waals surface area (Å²) in [6.07, 6.45) is 0. The molecule has 0 saturated carbocycles. The van der Waals surface area contributed by atoms with Gasteiger partial charge < -0.3 is 9.13 Å². The van der Waals surface area contributed by atoms with Crippen LogP contribution < -0.4 is 20.7 Å². The lowest BCUT2D eigenvalue weighted by Gasteiger charge is -2.36. The zero-order valence-corrected chi connectivity index (χ0v) is 45.6. The van der Waals surface area contributed by atoms with Gasteiger partial charge in [0.15, 0.2) is 8.07 Å². The number of benzene rings is 13. The highest BCUT2D eigenvalue weighted by atomic mass is 28.3. The van der Waals surface area contributed by atoms with Crippen molar-refractivity contribution in [3.05, 3.63) is 328 Å². The van der Waals surface area contributed by atoms with Crippen LogP contribution in [0.15, 0.2) is 328 Å². The highest BCUT2D eigenvalue weighted by Gasteiger charge is 2.43. The van der Waals surface area contributed by atoms with Crippen LogP contribution in [0.2, 0.25) is 0 Å². The second-order valence-electron chi connectivity index (χ2n) is 21.1. The third-order valence-corrected chi connectivity index (χ3v) is 21.4. The molecule has 15 rings (SSSR count). The van der Waals surface area contributed by atoms with Gasteiger partial charge in [-0.2, -0.15) is 0 Å². The fourth-order valence-electron chi connectivity index (χ4n) is 13.1. The van der Waals surface area contributed by atoms with Crippen LogP contribution in [0.25, 0.3) is 111 Å². The molecule has 81 heavy (non-hydrogen) atoms. The van der Waals surface area contributed by atoms with Crippen molar-refractivity contribution >= 4 is 72.4 Å². The lowest BCUT2D eigenvalue weighted by molar-refractivity contribution is 1.17. The smallest absolute Gasteiger partial charge is 0.179 e. The Morgan fingerprint density at radius 2 is 0.593 bits per heavy atom. The molecule has 0 aliphatic heterocycles. The quantitative estimate of drug-likeness (QED) is 0.0902. The Morgan fingerprint density at radius 3 is 1.12 bits per heavy atom. The minimum Gasteiger partial charge on any atom is -0.309 e. The molecule has 0 aliphatic carbocycles. The molecule has 0 radical (unpaired) electrons. The minimum atomic E-state index is -3.30. The normalized spacial score (nSPS) is 11.7. The number of nitrogens with zero attached hydrogens (tertiary/aromatic N) is 2. The van der Waals surface area contributed by atoms with E-state index in [1.807, 2.05) is 0 Å². The summed E-state index contributed by atoms with van der Waals surface area (Å²) in [5.41, 5.74) is 18.8. The molecule has 2 nitrogen and oxygen atoms in total. The molecule has 0 aliphatic rings. The van der Waals surface area contributed by atoms with E-state index in [4.69, 9.17) is 0 Å². The summed E-state index contributed by atoms with van der Waals surface area (Å²) in [4.78, 5) is 0. The molecule has 0 N–H and O–H groups in total. The fourth-order valence-corrected chi connectivity index (χ4v) is 17.9. The third kappa shape index (κ3) is 8.08. The Balaban J connectivity index is 1.06. The maximum absolute atomic E-state index is 3.30. The standard InChI is InChI=1S/C78H54N2Si/c1-7-26-55(27-8-1)60-36-23-40-64(50-60)81(63-38-17-6-18-39-63,65-41-24-37-61(51-65)56-28-9-2-10-29-56)66-53-71(58-32-13-4-14-33-58)78(72(54-66)59-34-15-5-16-35-59)80-75-47-22-20-43-69(75)73-52-62(48-49-76(73)80)79-74-46-21-19-42-68(74)70-45-25-44-67(77(70)79)57-30-11-3-12-31-57/h1-54H. The van der Waals surface area contributed by atoms with Crippen LogP contribution in [0, 0.1) is 0 Å². The zero-order chi connectivity index (χ0) is 53.7. The highest BCUT2D eigenvalue weighted by Crippen LogP contribution is 2.44. The minimum absolute atomic E-state index is 1.12. The molecule has 15 aromatic rings. The summed E-state index contributed by atoms with van der Waals surface area (Å²) in [5.74, 6) is 0. The molecule has 2 aromatic heterocycles. The molecule has 0 saturated heterocycles. The Hall–Kier alpha value is -10.3. The number of para-hydroxylation sites is 3. The van der Waals surface area contributed by atoms with Gasteiger partial charge in [-0.15, -0.1) is 0 Å². The van der Waals surface area contributed by atoms with Gasteiger partial charge in [-0.05, 0) is 90.0 Å². The average molecular weight is 1050 g/mol. The van der Waals surface area contributed by atoms with E-state index >= 15 is 0 Å². The topological polar surface area (TPSA) is 9.86 Å². The van der Waals surface area contributed by atoms with Gasteiger partial charge in [0, 0.05) is 43.9 Å². The van der Waals surface area contributed by atoms with E-state index < -0.39 is 8.07 Å². The zero-order valence-electron chi connectivity index (χ0n) is 44.6. The van der Waals surface area contributed by atoms with Gasteiger partial charge in [0.1, 0.15) is 0 Å². The maximum Gasteiger partial charge on any atom is 0.179 e. The molecular formula is C78H54N2Si. The van der Waals surface area contributed by atoms with Crippen molar-refractivity contribution in [2.75, 3.05) is 0 Å². The average Bonchev–Trinajstić information content (AvgIpc) is 4.18. The molecule has 0 spiro atoms. The fraction of sp³-hybridized carbons (Fsp3) is 0. The van der Waals surface area contributed by atoms with E-state index in [2.05, 4.69) is 337 Å². The van der Waals surface area contributed by atoms with E-state index in [9.17, 15) is 0 Å². The Bertz CT molecular complexity index is 4630. The molecule has 380 valence electrons. The van der Waals surface area contributed by atoms with Crippen molar-refractivity contribution < 1.29 is 0 Å².